The molecule has 0 aromatic carbocycles. The van der Waals surface area contributed by atoms with Crippen LogP contribution in [0.4, 0.5) is 0 Å². The third-order valence-corrected chi connectivity index (χ3v) is 5.28. The number of hydrogen-bond acceptors (Lipinski definition) is 1. The van der Waals surface area contributed by atoms with Crippen molar-refractivity contribution in [2.24, 2.45) is 10.8 Å². The molecule has 1 fully saturated rings. The third kappa shape index (κ3) is 3.17. The van der Waals surface area contributed by atoms with E-state index < -0.39 is 0 Å². The Balaban J connectivity index is 0.00000220. The highest BCUT2D eigenvalue weighted by Gasteiger charge is 2.40. The van der Waals surface area contributed by atoms with Gasteiger partial charge in [-0.3, -0.25) is 0 Å². The minimum absolute atomic E-state index is 0. The van der Waals surface area contributed by atoms with Gasteiger partial charge in [-0.25, -0.2) is 0 Å². The second kappa shape index (κ2) is 5.87. The summed E-state index contributed by atoms with van der Waals surface area (Å²) in [6.45, 7) is 22.1. The number of piperidine rings is 1. The molecule has 0 unspecified atom stereocenters. The summed E-state index contributed by atoms with van der Waals surface area (Å²) >= 11 is 0. The summed E-state index contributed by atoms with van der Waals surface area (Å²) in [5, 5.41) is 0. The molecule has 2 rings (SSSR count). The Kier molecular flexibility index (Phi) is 4.98. The maximum absolute atomic E-state index is 4.10. The van der Waals surface area contributed by atoms with Gasteiger partial charge in [0.2, 0.25) is 0 Å². The van der Waals surface area contributed by atoms with Gasteiger partial charge in [0.1, 0.15) is 0 Å². The first kappa shape index (κ1) is 17.8. The van der Waals surface area contributed by atoms with Crippen LogP contribution in [0.5, 0.6) is 0 Å². The molecular formula is C20H33N. The predicted octanol–water partition coefficient (Wildman–Crippen LogP) is 5.73. The molecule has 0 amide bonds. The van der Waals surface area contributed by atoms with Gasteiger partial charge in [0.25, 0.3) is 0 Å². The van der Waals surface area contributed by atoms with E-state index >= 15 is 0 Å². The summed E-state index contributed by atoms with van der Waals surface area (Å²) in [4.78, 5) is 2.58. The van der Waals surface area contributed by atoms with E-state index in [-0.39, 0.29) is 12.8 Å². The molecule has 21 heavy (non-hydrogen) atoms. The molecule has 0 radical (unpaired) electrons. The van der Waals surface area contributed by atoms with E-state index in [4.69, 9.17) is 0 Å². The van der Waals surface area contributed by atoms with Crippen molar-refractivity contribution in [1.82, 2.24) is 4.90 Å². The molecular weight excluding hydrogens is 254 g/mol. The largest absolute Gasteiger partial charge is 0.371 e. The van der Waals surface area contributed by atoms with Crippen LogP contribution in [-0.4, -0.2) is 18.0 Å². The fourth-order valence-corrected chi connectivity index (χ4v) is 3.25. The number of rotatable bonds is 2. The summed E-state index contributed by atoms with van der Waals surface area (Å²) in [7, 11) is 0. The van der Waals surface area contributed by atoms with Crippen molar-refractivity contribution in [2.45, 2.75) is 54.9 Å². The normalized spacial score (nSPS) is 25.2. The quantitative estimate of drug-likeness (QED) is 0.586. The standard InChI is InChI=1S/C19H29N.CH4/c1-8-14(2)13-16-17-15(3)18(4,5)9-11-20(17)12-10-19(16,6)7;/h8,13H,1-2,9-12H2,3-7H3;1H4/b16-13+;. The van der Waals surface area contributed by atoms with Crippen LogP contribution in [0.2, 0.25) is 0 Å². The Hall–Kier alpha value is -1.24. The highest BCUT2D eigenvalue weighted by Crippen LogP contribution is 2.49. The van der Waals surface area contributed by atoms with Gasteiger partial charge in [-0.1, -0.05) is 54.4 Å². The number of nitrogens with zero attached hydrogens (tertiary/aromatic N) is 1. The average Bonchev–Trinajstić information content (AvgIpc) is 2.37. The van der Waals surface area contributed by atoms with E-state index in [9.17, 15) is 0 Å². The molecule has 0 saturated carbocycles. The lowest BCUT2D eigenvalue weighted by Crippen LogP contribution is -2.44. The van der Waals surface area contributed by atoms with Crippen LogP contribution in [0.1, 0.15) is 54.9 Å². The minimum Gasteiger partial charge on any atom is -0.371 e. The Morgan fingerprint density at radius 2 is 1.62 bits per heavy atom. The fraction of sp³-hybridized carbons (Fsp3) is 0.600. The van der Waals surface area contributed by atoms with Crippen LogP contribution in [0.3, 0.4) is 0 Å². The van der Waals surface area contributed by atoms with Gasteiger partial charge in [-0.15, -0.1) is 0 Å². The third-order valence-electron chi connectivity index (χ3n) is 5.28. The molecule has 0 aromatic heterocycles. The van der Waals surface area contributed by atoms with Crippen molar-refractivity contribution >= 4 is 0 Å². The van der Waals surface area contributed by atoms with Gasteiger partial charge in [0.15, 0.2) is 0 Å². The second-order valence-electron chi connectivity index (χ2n) is 7.57. The summed E-state index contributed by atoms with van der Waals surface area (Å²) in [6, 6.07) is 0. The summed E-state index contributed by atoms with van der Waals surface area (Å²) in [6.07, 6.45) is 6.56. The van der Waals surface area contributed by atoms with Gasteiger partial charge in [-0.2, -0.15) is 0 Å². The molecule has 1 heteroatoms. The molecule has 0 aromatic rings. The van der Waals surface area contributed by atoms with Crippen LogP contribution in [0, 0.1) is 10.8 Å². The van der Waals surface area contributed by atoms with E-state index in [1.165, 1.54) is 42.8 Å². The molecule has 0 N–H and O–H groups in total. The van der Waals surface area contributed by atoms with Gasteiger partial charge in [0, 0.05) is 18.8 Å². The Morgan fingerprint density at radius 1 is 1.10 bits per heavy atom. The smallest absolute Gasteiger partial charge is 0.0399 e. The average molecular weight is 287 g/mol. The molecule has 2 heterocycles. The van der Waals surface area contributed by atoms with E-state index in [1.807, 2.05) is 6.08 Å². The van der Waals surface area contributed by atoms with Crippen molar-refractivity contribution < 1.29 is 0 Å². The number of hydrogen-bond donors (Lipinski definition) is 0. The fourth-order valence-electron chi connectivity index (χ4n) is 3.25. The molecule has 0 atom stereocenters. The molecule has 1 nitrogen and oxygen atoms in total. The van der Waals surface area contributed by atoms with Gasteiger partial charge in [0.05, 0.1) is 0 Å². The highest BCUT2D eigenvalue weighted by atomic mass is 15.2. The Bertz CT molecular complexity index is 500. The second-order valence-corrected chi connectivity index (χ2v) is 7.57. The molecule has 2 aliphatic rings. The topological polar surface area (TPSA) is 3.24 Å². The van der Waals surface area contributed by atoms with Crippen molar-refractivity contribution in [3.63, 3.8) is 0 Å². The van der Waals surface area contributed by atoms with Crippen molar-refractivity contribution in [3.05, 3.63) is 47.7 Å². The van der Waals surface area contributed by atoms with Crippen LogP contribution < -0.4 is 0 Å². The molecule has 0 spiro atoms. The first-order valence-corrected chi connectivity index (χ1v) is 7.69. The molecule has 1 saturated heterocycles. The van der Waals surface area contributed by atoms with Crippen LogP contribution >= 0.6 is 0 Å². The molecule has 118 valence electrons. The SMILES string of the molecule is C.C=CC(=C)/C=C1\C2=C(C)C(C)(C)CCN2CCC1(C)C. The monoisotopic (exact) mass is 287 g/mol. The maximum Gasteiger partial charge on any atom is 0.0399 e. The maximum atomic E-state index is 4.10. The van der Waals surface area contributed by atoms with Crippen LogP contribution in [0.25, 0.3) is 0 Å². The van der Waals surface area contributed by atoms with Crippen LogP contribution in [-0.2, 0) is 0 Å². The van der Waals surface area contributed by atoms with Crippen LogP contribution in [0.15, 0.2) is 47.7 Å². The number of fused-ring (bicyclic) bond motifs is 1. The number of allylic oxidation sites excluding steroid dienone is 5. The zero-order chi connectivity index (χ0) is 15.1. The highest BCUT2D eigenvalue weighted by molar-refractivity contribution is 5.47. The van der Waals surface area contributed by atoms with E-state index in [0.29, 0.717) is 5.41 Å². The first-order valence-electron chi connectivity index (χ1n) is 7.69. The van der Waals surface area contributed by atoms with Gasteiger partial charge in [-0.05, 0) is 53.4 Å². The lowest BCUT2D eigenvalue weighted by molar-refractivity contribution is 0.184. The molecule has 0 bridgehead atoms. The Labute approximate surface area is 132 Å². The van der Waals surface area contributed by atoms with Crippen molar-refractivity contribution in [3.8, 4) is 0 Å². The first-order chi connectivity index (χ1) is 9.19. The lowest BCUT2D eigenvalue weighted by Gasteiger charge is -2.49. The minimum atomic E-state index is 0. The predicted molar refractivity (Wildman–Crippen MR) is 95.2 cm³/mol. The van der Waals surface area contributed by atoms with Gasteiger partial charge < -0.3 is 4.90 Å². The zero-order valence-corrected chi connectivity index (χ0v) is 13.8. The summed E-state index contributed by atoms with van der Waals surface area (Å²) in [5.74, 6) is 0. The molecule has 2 aliphatic heterocycles. The lowest BCUT2D eigenvalue weighted by atomic mass is 9.69. The van der Waals surface area contributed by atoms with Gasteiger partial charge >= 0.3 is 0 Å². The van der Waals surface area contributed by atoms with Crippen molar-refractivity contribution in [2.75, 3.05) is 13.1 Å². The zero-order valence-electron chi connectivity index (χ0n) is 13.8. The van der Waals surface area contributed by atoms with E-state index in [1.54, 1.807) is 0 Å². The molecule has 0 aliphatic carbocycles. The summed E-state index contributed by atoms with van der Waals surface area (Å²) < 4.78 is 0. The Morgan fingerprint density at radius 3 is 2.14 bits per heavy atom. The van der Waals surface area contributed by atoms with E-state index in [2.05, 4.69) is 58.8 Å². The van der Waals surface area contributed by atoms with Crippen molar-refractivity contribution in [1.29, 1.82) is 0 Å². The van der Waals surface area contributed by atoms with E-state index in [0.717, 1.165) is 5.57 Å². The summed E-state index contributed by atoms with van der Waals surface area (Å²) in [5.41, 5.74) is 5.97.